The lowest BCUT2D eigenvalue weighted by molar-refractivity contribution is -0.188. The summed E-state index contributed by atoms with van der Waals surface area (Å²) >= 11 is 0. The molecule has 3 aliphatic carbocycles. The average Bonchev–Trinajstić information content (AvgIpc) is 3.13. The van der Waals surface area contributed by atoms with E-state index in [2.05, 4.69) is 26.0 Å². The summed E-state index contributed by atoms with van der Waals surface area (Å²) in [6, 6.07) is 2.48. The largest absolute Gasteiger partial charge is 0.389 e. The van der Waals surface area contributed by atoms with Crippen molar-refractivity contribution in [3.05, 3.63) is 11.6 Å². The van der Waals surface area contributed by atoms with Gasteiger partial charge in [0.25, 0.3) is 0 Å². The van der Waals surface area contributed by atoms with Crippen molar-refractivity contribution in [2.24, 2.45) is 28.6 Å². The van der Waals surface area contributed by atoms with Crippen molar-refractivity contribution in [1.82, 2.24) is 0 Å². The lowest BCUT2D eigenvalue weighted by Crippen LogP contribution is -2.54. The molecule has 0 unspecified atom stereocenters. The number of rotatable bonds is 2. The molecule has 138 valence electrons. The summed E-state index contributed by atoms with van der Waals surface area (Å²) in [6.45, 7) is 6.06. The number of hydrogen-bond acceptors (Lipinski definition) is 4. The van der Waals surface area contributed by atoms with Crippen molar-refractivity contribution < 1.29 is 14.6 Å². The zero-order valence-electron chi connectivity index (χ0n) is 15.5. The molecule has 25 heavy (non-hydrogen) atoms. The van der Waals surface area contributed by atoms with E-state index >= 15 is 0 Å². The minimum absolute atomic E-state index is 0.0564. The Balaban J connectivity index is 1.66. The molecule has 6 atom stereocenters. The SMILES string of the molecule is C[C@]12CC[C@H](O)C=C1CC[C@@H]1[C@@H]2CC[C@](C)(C2OCCO2)[C@H]1CC#N. The fourth-order valence-corrected chi connectivity index (χ4v) is 6.57. The smallest absolute Gasteiger partial charge is 0.163 e. The summed E-state index contributed by atoms with van der Waals surface area (Å²) in [5, 5.41) is 19.6. The van der Waals surface area contributed by atoms with Crippen LogP contribution in [0.15, 0.2) is 11.6 Å². The number of nitriles is 1. The molecule has 4 nitrogen and oxygen atoms in total. The Bertz CT molecular complexity index is 590. The van der Waals surface area contributed by atoms with Crippen LogP contribution >= 0.6 is 0 Å². The highest BCUT2D eigenvalue weighted by Crippen LogP contribution is 2.63. The van der Waals surface area contributed by atoms with E-state index in [0.29, 0.717) is 37.4 Å². The normalized spacial score (nSPS) is 47.5. The monoisotopic (exact) mass is 345 g/mol. The lowest BCUT2D eigenvalue weighted by Gasteiger charge is -2.59. The van der Waals surface area contributed by atoms with E-state index in [1.54, 1.807) is 0 Å². The molecule has 0 bridgehead atoms. The molecule has 3 fully saturated rings. The van der Waals surface area contributed by atoms with Crippen LogP contribution in [-0.2, 0) is 9.47 Å². The van der Waals surface area contributed by atoms with Crippen LogP contribution < -0.4 is 0 Å². The van der Waals surface area contributed by atoms with Crippen molar-refractivity contribution in [2.45, 2.75) is 71.2 Å². The number of fused-ring (bicyclic) bond motifs is 3. The van der Waals surface area contributed by atoms with Crippen molar-refractivity contribution in [2.75, 3.05) is 13.2 Å². The molecule has 0 aromatic heterocycles. The first-order valence-corrected chi connectivity index (χ1v) is 9.98. The minimum atomic E-state index is -0.260. The van der Waals surface area contributed by atoms with Gasteiger partial charge in [-0.15, -0.1) is 0 Å². The van der Waals surface area contributed by atoms with Gasteiger partial charge in [-0.2, -0.15) is 5.26 Å². The highest BCUT2D eigenvalue weighted by Gasteiger charge is 2.57. The number of ether oxygens (including phenoxy) is 2. The molecule has 1 heterocycles. The highest BCUT2D eigenvalue weighted by atomic mass is 16.7. The molecule has 1 aliphatic heterocycles. The fraction of sp³-hybridized carbons (Fsp3) is 0.857. The fourth-order valence-electron chi connectivity index (χ4n) is 6.57. The van der Waals surface area contributed by atoms with Crippen molar-refractivity contribution in [1.29, 1.82) is 5.26 Å². The van der Waals surface area contributed by atoms with Gasteiger partial charge in [-0.05, 0) is 61.7 Å². The number of nitrogens with zero attached hydrogens (tertiary/aromatic N) is 1. The number of allylic oxidation sites excluding steroid dienone is 1. The third-order valence-electron chi connectivity index (χ3n) is 8.00. The van der Waals surface area contributed by atoms with Gasteiger partial charge in [0.1, 0.15) is 0 Å². The van der Waals surface area contributed by atoms with Crippen LogP contribution in [-0.4, -0.2) is 30.7 Å². The van der Waals surface area contributed by atoms with Gasteiger partial charge in [0, 0.05) is 11.8 Å². The predicted octanol–water partition coefficient (Wildman–Crippen LogP) is 3.80. The van der Waals surface area contributed by atoms with E-state index in [1.807, 2.05) is 0 Å². The molecule has 2 saturated carbocycles. The Kier molecular flexibility index (Phi) is 4.46. The molecule has 0 radical (unpaired) electrons. The molecule has 0 aromatic carbocycles. The van der Waals surface area contributed by atoms with Crippen LogP contribution in [0.4, 0.5) is 0 Å². The van der Waals surface area contributed by atoms with Crippen LogP contribution in [0.25, 0.3) is 0 Å². The van der Waals surface area contributed by atoms with E-state index < -0.39 is 0 Å². The number of aliphatic hydroxyl groups excluding tert-OH is 1. The number of hydrogen-bond donors (Lipinski definition) is 1. The summed E-state index contributed by atoms with van der Waals surface area (Å²) in [6.07, 6.45) is 8.72. The Morgan fingerprint density at radius 2 is 1.96 bits per heavy atom. The van der Waals surface area contributed by atoms with Crippen molar-refractivity contribution in [3.8, 4) is 6.07 Å². The molecular weight excluding hydrogens is 314 g/mol. The minimum Gasteiger partial charge on any atom is -0.389 e. The molecule has 4 aliphatic rings. The van der Waals surface area contributed by atoms with E-state index in [4.69, 9.17) is 9.47 Å². The molecular formula is C21H31NO3. The van der Waals surface area contributed by atoms with Gasteiger partial charge in [-0.25, -0.2) is 0 Å². The zero-order valence-corrected chi connectivity index (χ0v) is 15.5. The molecule has 0 aromatic rings. The maximum atomic E-state index is 10.1. The Hall–Kier alpha value is -0.890. The quantitative estimate of drug-likeness (QED) is 0.773. The van der Waals surface area contributed by atoms with E-state index in [9.17, 15) is 10.4 Å². The molecule has 0 spiro atoms. The predicted molar refractivity (Wildman–Crippen MR) is 94.4 cm³/mol. The van der Waals surface area contributed by atoms with Gasteiger partial charge >= 0.3 is 0 Å². The molecule has 4 rings (SSSR count). The van der Waals surface area contributed by atoms with Gasteiger partial charge in [0.05, 0.1) is 25.4 Å². The van der Waals surface area contributed by atoms with Crippen LogP contribution in [0, 0.1) is 39.9 Å². The molecule has 1 N–H and O–H groups in total. The molecule has 1 saturated heterocycles. The second kappa shape index (κ2) is 6.37. The Morgan fingerprint density at radius 1 is 1.20 bits per heavy atom. The molecule has 4 heteroatoms. The Morgan fingerprint density at radius 3 is 2.68 bits per heavy atom. The van der Waals surface area contributed by atoms with Crippen molar-refractivity contribution >= 4 is 0 Å². The van der Waals surface area contributed by atoms with Gasteiger partial charge in [0.2, 0.25) is 0 Å². The third-order valence-corrected chi connectivity index (χ3v) is 8.00. The van der Waals surface area contributed by atoms with Crippen LogP contribution in [0.2, 0.25) is 0 Å². The van der Waals surface area contributed by atoms with Crippen LogP contribution in [0.1, 0.15) is 58.8 Å². The summed E-state index contributed by atoms with van der Waals surface area (Å²) in [5.74, 6) is 1.51. The topological polar surface area (TPSA) is 62.5 Å². The van der Waals surface area contributed by atoms with E-state index in [0.717, 1.165) is 32.1 Å². The molecule has 0 amide bonds. The Labute approximate surface area is 151 Å². The second-order valence-corrected chi connectivity index (χ2v) is 9.11. The average molecular weight is 345 g/mol. The summed E-state index contributed by atoms with van der Waals surface area (Å²) in [7, 11) is 0. The first-order valence-electron chi connectivity index (χ1n) is 9.98. The summed E-state index contributed by atoms with van der Waals surface area (Å²) < 4.78 is 11.8. The standard InChI is InChI=1S/C21H31NO3/c1-20-8-5-15(23)13-14(20)3-4-16-17(20)6-9-21(2,18(16)7-10-22)19-24-11-12-25-19/h13,15-19,23H,3-9,11-12H2,1-2H3/t15-,16+,17-,18-,20-,21-/m0/s1. The van der Waals surface area contributed by atoms with Gasteiger partial charge in [-0.3, -0.25) is 0 Å². The summed E-state index contributed by atoms with van der Waals surface area (Å²) in [5.41, 5.74) is 1.62. The first-order chi connectivity index (χ1) is 12.0. The third kappa shape index (κ3) is 2.67. The lowest BCUT2D eigenvalue weighted by atomic mass is 9.46. The van der Waals surface area contributed by atoms with Gasteiger partial charge in [0.15, 0.2) is 6.29 Å². The van der Waals surface area contributed by atoms with E-state index in [-0.39, 0.29) is 23.2 Å². The maximum absolute atomic E-state index is 10.1. The number of aliphatic hydroxyl groups is 1. The zero-order chi connectivity index (χ0) is 17.7. The summed E-state index contributed by atoms with van der Waals surface area (Å²) in [4.78, 5) is 0. The van der Waals surface area contributed by atoms with E-state index in [1.165, 1.54) is 12.0 Å². The highest BCUT2D eigenvalue weighted by molar-refractivity contribution is 5.25. The van der Waals surface area contributed by atoms with Crippen LogP contribution in [0.5, 0.6) is 0 Å². The van der Waals surface area contributed by atoms with Gasteiger partial charge in [-0.1, -0.05) is 25.5 Å². The van der Waals surface area contributed by atoms with Crippen LogP contribution in [0.3, 0.4) is 0 Å². The second-order valence-electron chi connectivity index (χ2n) is 9.11. The first kappa shape index (κ1) is 17.5. The van der Waals surface area contributed by atoms with Crippen molar-refractivity contribution in [3.63, 3.8) is 0 Å². The van der Waals surface area contributed by atoms with Gasteiger partial charge < -0.3 is 14.6 Å². The maximum Gasteiger partial charge on any atom is 0.163 e.